The van der Waals surface area contributed by atoms with Crippen LogP contribution in [0.5, 0.6) is 5.75 Å². The van der Waals surface area contributed by atoms with Gasteiger partial charge < -0.3 is 15.4 Å². The lowest BCUT2D eigenvalue weighted by atomic mass is 10.2. The van der Waals surface area contributed by atoms with Crippen LogP contribution in [0.4, 0.5) is 17.3 Å². The third-order valence-corrected chi connectivity index (χ3v) is 4.09. The minimum Gasteiger partial charge on any atom is -0.497 e. The molecule has 7 heteroatoms. The molecule has 0 spiro atoms. The van der Waals surface area contributed by atoms with E-state index in [4.69, 9.17) is 4.74 Å². The molecule has 3 aromatic rings. The molecule has 0 bridgehead atoms. The number of nitrogens with zero attached hydrogens (tertiary/aromatic N) is 2. The number of aromatic nitrogens is 2. The first-order valence-corrected chi connectivity index (χ1v) is 8.80. The second-order valence-electron chi connectivity index (χ2n) is 6.42. The van der Waals surface area contributed by atoms with Gasteiger partial charge in [-0.2, -0.15) is 0 Å². The van der Waals surface area contributed by atoms with Crippen molar-refractivity contribution in [3.8, 4) is 5.75 Å². The number of benzene rings is 2. The Morgan fingerprint density at radius 2 is 1.82 bits per heavy atom. The van der Waals surface area contributed by atoms with Crippen molar-refractivity contribution in [3.05, 3.63) is 76.2 Å². The Morgan fingerprint density at radius 3 is 2.50 bits per heavy atom. The Labute approximate surface area is 163 Å². The van der Waals surface area contributed by atoms with Crippen LogP contribution in [-0.4, -0.2) is 22.6 Å². The summed E-state index contributed by atoms with van der Waals surface area (Å²) in [6.45, 7) is 3.56. The van der Waals surface area contributed by atoms with Crippen molar-refractivity contribution >= 4 is 23.2 Å². The number of nitrogens with one attached hydrogen (secondary N) is 2. The molecule has 0 saturated carbocycles. The van der Waals surface area contributed by atoms with Gasteiger partial charge >= 0.3 is 0 Å². The number of aryl methyl sites for hydroxylation is 2. The molecule has 2 N–H and O–H groups in total. The van der Waals surface area contributed by atoms with Crippen LogP contribution in [0.1, 0.15) is 11.3 Å². The van der Waals surface area contributed by atoms with Gasteiger partial charge in [0.05, 0.1) is 7.11 Å². The van der Waals surface area contributed by atoms with Crippen molar-refractivity contribution in [3.63, 3.8) is 0 Å². The molecule has 3 rings (SSSR count). The van der Waals surface area contributed by atoms with Gasteiger partial charge in [0.2, 0.25) is 11.9 Å². The maximum atomic E-state index is 12.5. The van der Waals surface area contributed by atoms with Gasteiger partial charge in [-0.1, -0.05) is 12.1 Å². The highest BCUT2D eigenvalue weighted by Gasteiger charge is 2.12. The maximum absolute atomic E-state index is 12.5. The Kier molecular flexibility index (Phi) is 5.74. The SMILES string of the molecule is COc1ccc(NC(=O)Cn2c(Nc3cccc(C)c3)nc(C)cc2=O)cc1. The van der Waals surface area contributed by atoms with Crippen LogP contribution < -0.4 is 20.9 Å². The smallest absolute Gasteiger partial charge is 0.255 e. The van der Waals surface area contributed by atoms with Crippen LogP contribution in [0.25, 0.3) is 0 Å². The van der Waals surface area contributed by atoms with Crippen molar-refractivity contribution < 1.29 is 9.53 Å². The lowest BCUT2D eigenvalue weighted by Crippen LogP contribution is -2.30. The highest BCUT2D eigenvalue weighted by Crippen LogP contribution is 2.17. The van der Waals surface area contributed by atoms with E-state index in [9.17, 15) is 9.59 Å². The molecule has 1 amide bonds. The van der Waals surface area contributed by atoms with E-state index in [1.807, 2.05) is 31.2 Å². The van der Waals surface area contributed by atoms with Gasteiger partial charge in [-0.25, -0.2) is 4.98 Å². The Bertz CT molecular complexity index is 1040. The molecule has 0 radical (unpaired) electrons. The van der Waals surface area contributed by atoms with E-state index in [-0.39, 0.29) is 18.0 Å². The molecule has 28 heavy (non-hydrogen) atoms. The molecule has 1 aromatic heterocycles. The van der Waals surface area contributed by atoms with E-state index in [2.05, 4.69) is 15.6 Å². The zero-order chi connectivity index (χ0) is 20.1. The number of hydrogen-bond acceptors (Lipinski definition) is 5. The Balaban J connectivity index is 1.82. The van der Waals surface area contributed by atoms with Gasteiger partial charge in [0.15, 0.2) is 0 Å². The quantitative estimate of drug-likeness (QED) is 0.688. The third kappa shape index (κ3) is 4.76. The minimum absolute atomic E-state index is 0.160. The molecule has 0 saturated heterocycles. The first kappa shape index (κ1) is 19.2. The number of hydrogen-bond donors (Lipinski definition) is 2. The van der Waals surface area contributed by atoms with Crippen molar-refractivity contribution in [1.82, 2.24) is 9.55 Å². The van der Waals surface area contributed by atoms with Gasteiger partial charge in [0, 0.05) is 23.1 Å². The van der Waals surface area contributed by atoms with E-state index >= 15 is 0 Å². The molecule has 7 nitrogen and oxygen atoms in total. The molecule has 0 aliphatic heterocycles. The topological polar surface area (TPSA) is 85.2 Å². The summed E-state index contributed by atoms with van der Waals surface area (Å²) in [6, 6.07) is 16.1. The zero-order valence-electron chi connectivity index (χ0n) is 16.0. The number of amides is 1. The van der Waals surface area contributed by atoms with Crippen molar-refractivity contribution in [2.24, 2.45) is 0 Å². The van der Waals surface area contributed by atoms with Crippen LogP contribution in [0.2, 0.25) is 0 Å². The standard InChI is InChI=1S/C21H22N4O3/c1-14-5-4-6-17(11-14)24-21-22-15(2)12-20(27)25(21)13-19(26)23-16-7-9-18(28-3)10-8-16/h4-12H,13H2,1-3H3,(H,22,24)(H,23,26). The van der Waals surface area contributed by atoms with Gasteiger partial charge in [0.25, 0.3) is 5.56 Å². The predicted molar refractivity (Wildman–Crippen MR) is 109 cm³/mol. The first-order chi connectivity index (χ1) is 13.4. The molecule has 2 aromatic carbocycles. The zero-order valence-corrected chi connectivity index (χ0v) is 16.0. The molecular weight excluding hydrogens is 356 g/mol. The monoisotopic (exact) mass is 378 g/mol. The largest absolute Gasteiger partial charge is 0.497 e. The lowest BCUT2D eigenvalue weighted by molar-refractivity contribution is -0.116. The second-order valence-corrected chi connectivity index (χ2v) is 6.42. The summed E-state index contributed by atoms with van der Waals surface area (Å²) < 4.78 is 6.42. The number of anilines is 3. The van der Waals surface area contributed by atoms with Gasteiger partial charge in [0.1, 0.15) is 12.3 Å². The van der Waals surface area contributed by atoms with Crippen molar-refractivity contribution in [2.45, 2.75) is 20.4 Å². The third-order valence-electron chi connectivity index (χ3n) is 4.09. The van der Waals surface area contributed by atoms with Crippen molar-refractivity contribution in [1.29, 1.82) is 0 Å². The van der Waals surface area contributed by atoms with Gasteiger partial charge in [-0.15, -0.1) is 0 Å². The van der Waals surface area contributed by atoms with E-state index in [0.29, 0.717) is 23.1 Å². The molecule has 0 aliphatic carbocycles. The summed E-state index contributed by atoms with van der Waals surface area (Å²) in [4.78, 5) is 29.3. The van der Waals surface area contributed by atoms with Crippen LogP contribution in [0.3, 0.4) is 0 Å². The molecule has 1 heterocycles. The molecule has 144 valence electrons. The van der Waals surface area contributed by atoms with E-state index < -0.39 is 0 Å². The fourth-order valence-electron chi connectivity index (χ4n) is 2.74. The summed E-state index contributed by atoms with van der Waals surface area (Å²) >= 11 is 0. The average molecular weight is 378 g/mol. The number of ether oxygens (including phenoxy) is 1. The lowest BCUT2D eigenvalue weighted by Gasteiger charge is -2.14. The van der Waals surface area contributed by atoms with Crippen LogP contribution in [0, 0.1) is 13.8 Å². The highest BCUT2D eigenvalue weighted by atomic mass is 16.5. The fourth-order valence-corrected chi connectivity index (χ4v) is 2.74. The van der Waals surface area contributed by atoms with E-state index in [1.54, 1.807) is 38.3 Å². The summed E-state index contributed by atoms with van der Waals surface area (Å²) in [5.74, 6) is 0.687. The molecular formula is C21H22N4O3. The number of carbonyl (C=O) groups is 1. The van der Waals surface area contributed by atoms with Crippen LogP contribution >= 0.6 is 0 Å². The fraction of sp³-hybridized carbons (Fsp3) is 0.190. The highest BCUT2D eigenvalue weighted by molar-refractivity contribution is 5.90. The summed E-state index contributed by atoms with van der Waals surface area (Å²) in [6.07, 6.45) is 0. The number of methoxy groups -OCH3 is 1. The van der Waals surface area contributed by atoms with Crippen molar-refractivity contribution in [2.75, 3.05) is 17.7 Å². The van der Waals surface area contributed by atoms with E-state index in [0.717, 1.165) is 11.3 Å². The average Bonchev–Trinajstić information content (AvgIpc) is 2.65. The molecule has 0 atom stereocenters. The van der Waals surface area contributed by atoms with Crippen LogP contribution in [0.15, 0.2) is 59.4 Å². The van der Waals surface area contributed by atoms with Crippen LogP contribution in [-0.2, 0) is 11.3 Å². The number of carbonyl (C=O) groups excluding carboxylic acids is 1. The normalized spacial score (nSPS) is 10.4. The maximum Gasteiger partial charge on any atom is 0.255 e. The van der Waals surface area contributed by atoms with Gasteiger partial charge in [-0.05, 0) is 55.8 Å². The number of rotatable bonds is 6. The Hall–Kier alpha value is -3.61. The van der Waals surface area contributed by atoms with Gasteiger partial charge in [-0.3, -0.25) is 14.2 Å². The summed E-state index contributed by atoms with van der Waals surface area (Å²) in [5, 5.41) is 5.91. The molecule has 0 unspecified atom stereocenters. The second kappa shape index (κ2) is 8.39. The predicted octanol–water partition coefficient (Wildman–Crippen LogP) is 3.25. The Morgan fingerprint density at radius 1 is 1.07 bits per heavy atom. The van der Waals surface area contributed by atoms with E-state index in [1.165, 1.54) is 10.6 Å². The minimum atomic E-state index is -0.329. The first-order valence-electron chi connectivity index (χ1n) is 8.80. The summed E-state index contributed by atoms with van der Waals surface area (Å²) in [5.41, 5.74) is 2.76. The molecule has 0 aliphatic rings. The summed E-state index contributed by atoms with van der Waals surface area (Å²) in [7, 11) is 1.58. The molecule has 0 fully saturated rings.